The van der Waals surface area contributed by atoms with Crippen LogP contribution >= 0.6 is 0 Å². The van der Waals surface area contributed by atoms with Crippen molar-refractivity contribution < 1.29 is 27.1 Å². The van der Waals surface area contributed by atoms with Crippen LogP contribution in [0.25, 0.3) is 0 Å². The Morgan fingerprint density at radius 1 is 1.18 bits per heavy atom. The fourth-order valence-corrected chi connectivity index (χ4v) is 3.92. The number of benzene rings is 2. The van der Waals surface area contributed by atoms with Gasteiger partial charge in [-0.1, -0.05) is 6.07 Å². The van der Waals surface area contributed by atoms with Crippen LogP contribution in [-0.4, -0.2) is 26.0 Å². The lowest BCUT2D eigenvalue weighted by atomic mass is 10.1. The predicted octanol–water partition coefficient (Wildman–Crippen LogP) is 1.01. The second-order valence-corrected chi connectivity index (χ2v) is 7.61. The predicted molar refractivity (Wildman–Crippen MR) is 94.1 cm³/mol. The maximum Gasteiger partial charge on any atom is 0.326 e. The molecule has 0 radical (unpaired) electrons. The number of halogens is 2. The zero-order valence-corrected chi connectivity index (χ0v) is 15.1. The van der Waals surface area contributed by atoms with Gasteiger partial charge >= 0.3 is 10.2 Å². The average Bonchev–Trinajstić information content (AvgIpc) is 2.88. The summed E-state index contributed by atoms with van der Waals surface area (Å²) in [5.41, 5.74) is 0.242. The molecule has 0 unspecified atom stereocenters. The second-order valence-electron chi connectivity index (χ2n) is 6.01. The van der Waals surface area contributed by atoms with Crippen LogP contribution in [-0.2, 0) is 28.1 Å². The fraction of sp³-hybridized carbons (Fsp3) is 0.176. The van der Waals surface area contributed by atoms with E-state index < -0.39 is 45.7 Å². The monoisotopic (exact) mass is 408 g/mol. The lowest BCUT2D eigenvalue weighted by Gasteiger charge is -2.18. The van der Waals surface area contributed by atoms with Crippen molar-refractivity contribution in [2.24, 2.45) is 0 Å². The number of phenolic OH excluding ortho intramolecular Hbond substituents is 1. The molecular formula is C17H14F2N4O4S. The Kier molecular flexibility index (Phi) is 5.17. The van der Waals surface area contributed by atoms with Crippen molar-refractivity contribution in [2.75, 3.05) is 10.8 Å². The van der Waals surface area contributed by atoms with Crippen LogP contribution in [0.3, 0.4) is 0 Å². The number of phenols is 1. The lowest BCUT2D eigenvalue weighted by Crippen LogP contribution is -2.30. The summed E-state index contributed by atoms with van der Waals surface area (Å²) in [6.45, 7) is -0.276. The SMILES string of the molecule is N#Cc1cc(CNCc2cc(O)c(N3CC(=O)NS3(=O)=O)c(F)c2)ccc1F. The number of amides is 1. The summed E-state index contributed by atoms with van der Waals surface area (Å²) in [4.78, 5) is 11.3. The minimum absolute atomic E-state index is 0.0951. The molecule has 1 aliphatic rings. The summed E-state index contributed by atoms with van der Waals surface area (Å²) in [6.07, 6.45) is 0. The smallest absolute Gasteiger partial charge is 0.326 e. The van der Waals surface area contributed by atoms with Crippen LogP contribution in [0.15, 0.2) is 30.3 Å². The number of rotatable bonds is 5. The zero-order valence-electron chi connectivity index (χ0n) is 14.2. The van der Waals surface area contributed by atoms with E-state index in [0.29, 0.717) is 15.4 Å². The molecule has 0 bridgehead atoms. The topological polar surface area (TPSA) is 123 Å². The molecule has 0 aliphatic carbocycles. The summed E-state index contributed by atoms with van der Waals surface area (Å²) < 4.78 is 53.5. The molecule has 3 N–H and O–H groups in total. The number of carbonyl (C=O) groups excluding carboxylic acids is 1. The van der Waals surface area contributed by atoms with Gasteiger partial charge < -0.3 is 10.4 Å². The molecule has 0 saturated carbocycles. The highest BCUT2D eigenvalue weighted by Gasteiger charge is 2.37. The molecule has 2 aromatic rings. The van der Waals surface area contributed by atoms with Crippen molar-refractivity contribution in [1.29, 1.82) is 5.26 Å². The first-order chi connectivity index (χ1) is 13.2. The Morgan fingerprint density at radius 3 is 2.50 bits per heavy atom. The third kappa shape index (κ3) is 3.88. The van der Waals surface area contributed by atoms with Gasteiger partial charge in [-0.25, -0.2) is 17.8 Å². The van der Waals surface area contributed by atoms with Gasteiger partial charge in [-0.2, -0.15) is 13.7 Å². The molecule has 3 rings (SSSR count). The van der Waals surface area contributed by atoms with Crippen molar-refractivity contribution in [3.05, 3.63) is 58.7 Å². The van der Waals surface area contributed by atoms with Crippen LogP contribution in [0.2, 0.25) is 0 Å². The summed E-state index contributed by atoms with van der Waals surface area (Å²) in [6, 6.07) is 7.98. The van der Waals surface area contributed by atoms with Gasteiger partial charge in [0.1, 0.15) is 29.9 Å². The maximum absolute atomic E-state index is 14.4. The van der Waals surface area contributed by atoms with Gasteiger partial charge in [-0.3, -0.25) is 4.79 Å². The standard InChI is InChI=1S/C17H14F2N4O4S/c18-13-2-1-10(3-12(13)6-20)7-21-8-11-4-14(19)17(15(24)5-11)23-9-16(25)22-28(23,26)27/h1-5,21,24H,7-9H2,(H,22,25). The second kappa shape index (κ2) is 7.41. The minimum atomic E-state index is -4.25. The van der Waals surface area contributed by atoms with Gasteiger partial charge in [0.2, 0.25) is 0 Å². The Labute approximate surface area is 159 Å². The summed E-state index contributed by atoms with van der Waals surface area (Å²) in [5, 5.41) is 21.8. The largest absolute Gasteiger partial charge is 0.506 e. The Balaban J connectivity index is 1.73. The van der Waals surface area contributed by atoms with Crippen molar-refractivity contribution in [3.8, 4) is 11.8 Å². The summed E-state index contributed by atoms with van der Waals surface area (Å²) in [5.74, 6) is -3.10. The summed E-state index contributed by atoms with van der Waals surface area (Å²) in [7, 11) is -4.25. The van der Waals surface area contributed by atoms with Crippen LogP contribution in [0.5, 0.6) is 5.75 Å². The van der Waals surface area contributed by atoms with E-state index in [1.807, 2.05) is 0 Å². The molecule has 1 fully saturated rings. The number of nitrogens with one attached hydrogen (secondary N) is 2. The number of nitriles is 1. The number of aromatic hydroxyl groups is 1. The summed E-state index contributed by atoms with van der Waals surface area (Å²) >= 11 is 0. The molecular weight excluding hydrogens is 394 g/mol. The van der Waals surface area contributed by atoms with Gasteiger partial charge in [0.05, 0.1) is 5.56 Å². The first-order valence-corrected chi connectivity index (χ1v) is 9.39. The van der Waals surface area contributed by atoms with E-state index in [1.165, 1.54) is 24.3 Å². The highest BCUT2D eigenvalue weighted by atomic mass is 32.2. The molecule has 1 heterocycles. The minimum Gasteiger partial charge on any atom is -0.506 e. The quantitative estimate of drug-likeness (QED) is 0.679. The molecule has 1 saturated heterocycles. The molecule has 28 heavy (non-hydrogen) atoms. The van der Waals surface area contributed by atoms with Crippen LogP contribution in [0.1, 0.15) is 16.7 Å². The highest BCUT2D eigenvalue weighted by Crippen LogP contribution is 2.34. The van der Waals surface area contributed by atoms with Gasteiger partial charge in [-0.05, 0) is 35.4 Å². The van der Waals surface area contributed by atoms with E-state index in [1.54, 1.807) is 10.8 Å². The van der Waals surface area contributed by atoms with Gasteiger partial charge in [0.15, 0.2) is 5.82 Å². The Bertz CT molecular complexity index is 1080. The molecule has 0 spiro atoms. The van der Waals surface area contributed by atoms with E-state index >= 15 is 0 Å². The van der Waals surface area contributed by atoms with E-state index in [4.69, 9.17) is 5.26 Å². The number of hydrogen-bond acceptors (Lipinski definition) is 6. The van der Waals surface area contributed by atoms with Gasteiger partial charge in [-0.15, -0.1) is 0 Å². The van der Waals surface area contributed by atoms with E-state index in [2.05, 4.69) is 5.32 Å². The van der Waals surface area contributed by atoms with Crippen molar-refractivity contribution in [2.45, 2.75) is 13.1 Å². The van der Waals surface area contributed by atoms with Crippen molar-refractivity contribution in [3.63, 3.8) is 0 Å². The number of anilines is 1. The normalized spacial score (nSPS) is 15.3. The molecule has 146 valence electrons. The van der Waals surface area contributed by atoms with Crippen LogP contribution < -0.4 is 14.3 Å². The number of carbonyl (C=O) groups is 1. The van der Waals surface area contributed by atoms with Crippen molar-refractivity contribution >= 4 is 21.8 Å². The first kappa shape index (κ1) is 19.5. The molecule has 0 aromatic heterocycles. The number of nitrogens with zero attached hydrogens (tertiary/aromatic N) is 2. The van der Waals surface area contributed by atoms with Crippen LogP contribution in [0, 0.1) is 23.0 Å². The van der Waals surface area contributed by atoms with E-state index in [0.717, 1.165) is 6.07 Å². The zero-order chi connectivity index (χ0) is 20.5. The molecule has 1 aliphatic heterocycles. The number of hydrogen-bond donors (Lipinski definition) is 3. The average molecular weight is 408 g/mol. The Hall–Kier alpha value is -3.23. The van der Waals surface area contributed by atoms with E-state index in [-0.39, 0.29) is 18.7 Å². The molecule has 11 heteroatoms. The molecule has 8 nitrogen and oxygen atoms in total. The maximum atomic E-state index is 14.4. The van der Waals surface area contributed by atoms with E-state index in [9.17, 15) is 27.1 Å². The molecule has 0 atom stereocenters. The third-order valence-corrected chi connectivity index (χ3v) is 5.36. The lowest BCUT2D eigenvalue weighted by molar-refractivity contribution is -0.117. The first-order valence-electron chi connectivity index (χ1n) is 7.95. The Morgan fingerprint density at radius 2 is 1.89 bits per heavy atom. The molecule has 1 amide bonds. The van der Waals surface area contributed by atoms with Gasteiger partial charge in [0.25, 0.3) is 5.91 Å². The fourth-order valence-electron chi connectivity index (χ4n) is 2.75. The van der Waals surface area contributed by atoms with Gasteiger partial charge in [0, 0.05) is 13.1 Å². The molecule has 2 aromatic carbocycles. The third-order valence-electron chi connectivity index (χ3n) is 3.98. The van der Waals surface area contributed by atoms with Crippen LogP contribution in [0.4, 0.5) is 14.5 Å². The van der Waals surface area contributed by atoms with Crippen molar-refractivity contribution in [1.82, 2.24) is 10.0 Å². The highest BCUT2D eigenvalue weighted by molar-refractivity contribution is 7.92.